The molecule has 3 nitrogen and oxygen atoms in total. The van der Waals surface area contributed by atoms with E-state index in [0.717, 1.165) is 5.56 Å². The molecule has 0 unspecified atom stereocenters. The van der Waals surface area contributed by atoms with Crippen LogP contribution in [0.5, 0.6) is 0 Å². The highest BCUT2D eigenvalue weighted by Crippen LogP contribution is 2.07. The fourth-order valence-corrected chi connectivity index (χ4v) is 1.96. The quantitative estimate of drug-likeness (QED) is 0.329. The van der Waals surface area contributed by atoms with Crippen molar-refractivity contribution in [3.8, 4) is 0 Å². The minimum atomic E-state index is -0.340. The second kappa shape index (κ2) is 8.53. The maximum absolute atomic E-state index is 11.7. The molecule has 1 aromatic carbocycles. The Hall–Kier alpha value is -1.55. The maximum Gasteiger partial charge on any atom is 0.330 e. The Labute approximate surface area is 111 Å². The molecule has 0 radical (unpaired) electrons. The van der Waals surface area contributed by atoms with Crippen molar-refractivity contribution in [3.05, 3.63) is 48.0 Å². The summed E-state index contributed by atoms with van der Waals surface area (Å²) in [6, 6.07) is 9.18. The van der Waals surface area contributed by atoms with Gasteiger partial charge in [-0.05, 0) is 6.92 Å². The molecule has 18 heavy (non-hydrogen) atoms. The molecule has 0 aliphatic rings. The summed E-state index contributed by atoms with van der Waals surface area (Å²) >= 11 is 1.47. The van der Waals surface area contributed by atoms with Crippen molar-refractivity contribution in [1.82, 2.24) is 0 Å². The Bertz CT molecular complexity index is 412. The van der Waals surface area contributed by atoms with Gasteiger partial charge in [-0.25, -0.2) is 4.79 Å². The van der Waals surface area contributed by atoms with Crippen LogP contribution in [0.25, 0.3) is 0 Å². The van der Waals surface area contributed by atoms with E-state index in [1.165, 1.54) is 17.8 Å². The lowest BCUT2D eigenvalue weighted by molar-refractivity contribution is -0.137. The van der Waals surface area contributed by atoms with Gasteiger partial charge in [0.05, 0.1) is 12.4 Å². The molecule has 0 aliphatic carbocycles. The first-order chi connectivity index (χ1) is 8.74. The lowest BCUT2D eigenvalue weighted by Crippen LogP contribution is -2.02. The van der Waals surface area contributed by atoms with Gasteiger partial charge < -0.3 is 4.74 Å². The van der Waals surface area contributed by atoms with Gasteiger partial charge in [-0.1, -0.05) is 36.4 Å². The fraction of sp³-hybridized carbons (Fsp3) is 0.286. The number of Topliss-reactive ketones (excluding diaryl/α,β-unsaturated/α-hetero) is 1. The van der Waals surface area contributed by atoms with E-state index in [-0.39, 0.29) is 11.8 Å². The Kier molecular flexibility index (Phi) is 6.87. The summed E-state index contributed by atoms with van der Waals surface area (Å²) in [5.74, 6) is 0.798. The molecule has 0 spiro atoms. The van der Waals surface area contributed by atoms with E-state index in [1.807, 2.05) is 18.2 Å². The second-order valence-electron chi connectivity index (χ2n) is 3.46. The van der Waals surface area contributed by atoms with E-state index in [2.05, 4.69) is 0 Å². The van der Waals surface area contributed by atoms with Crippen LogP contribution in [0.1, 0.15) is 17.3 Å². The molecular weight excluding hydrogens is 248 g/mol. The number of hydrogen-bond acceptors (Lipinski definition) is 4. The number of ketones is 1. The predicted molar refractivity (Wildman–Crippen MR) is 73.9 cm³/mol. The molecule has 0 atom stereocenters. The average Bonchev–Trinajstić information content (AvgIpc) is 2.39. The molecule has 0 saturated carbocycles. The molecular formula is C14H16O3S. The molecule has 0 fully saturated rings. The number of carbonyl (C=O) groups is 2. The highest BCUT2D eigenvalue weighted by molar-refractivity contribution is 8.00. The van der Waals surface area contributed by atoms with Crippen molar-refractivity contribution in [1.29, 1.82) is 0 Å². The van der Waals surface area contributed by atoms with Crippen LogP contribution < -0.4 is 0 Å². The van der Waals surface area contributed by atoms with E-state index in [9.17, 15) is 9.59 Å². The lowest BCUT2D eigenvalue weighted by Gasteiger charge is -1.99. The zero-order valence-corrected chi connectivity index (χ0v) is 11.1. The van der Waals surface area contributed by atoms with Gasteiger partial charge in [0.15, 0.2) is 5.78 Å². The zero-order valence-electron chi connectivity index (χ0n) is 10.3. The Morgan fingerprint density at radius 3 is 2.67 bits per heavy atom. The largest absolute Gasteiger partial charge is 0.463 e. The molecule has 0 aliphatic heterocycles. The minimum absolute atomic E-state index is 0.102. The van der Waals surface area contributed by atoms with Gasteiger partial charge in [0.25, 0.3) is 0 Å². The molecule has 0 bridgehead atoms. The topological polar surface area (TPSA) is 43.4 Å². The molecule has 0 amide bonds. The summed E-state index contributed by atoms with van der Waals surface area (Å²) < 4.78 is 4.74. The van der Waals surface area contributed by atoms with Crippen LogP contribution in [0.15, 0.2) is 42.5 Å². The summed E-state index contributed by atoms with van der Waals surface area (Å²) in [6.45, 7) is 2.14. The molecule has 1 rings (SSSR count). The fourth-order valence-electron chi connectivity index (χ4n) is 1.26. The monoisotopic (exact) mass is 264 g/mol. The van der Waals surface area contributed by atoms with Gasteiger partial charge in [-0.15, -0.1) is 11.8 Å². The van der Waals surface area contributed by atoms with Crippen molar-refractivity contribution in [3.63, 3.8) is 0 Å². The highest BCUT2D eigenvalue weighted by Gasteiger charge is 2.03. The van der Waals surface area contributed by atoms with E-state index in [1.54, 1.807) is 25.1 Å². The van der Waals surface area contributed by atoms with Crippen molar-refractivity contribution in [2.24, 2.45) is 0 Å². The number of hydrogen-bond donors (Lipinski definition) is 0. The normalized spacial score (nSPS) is 10.5. The molecule has 1 aromatic rings. The second-order valence-corrected chi connectivity index (χ2v) is 4.49. The van der Waals surface area contributed by atoms with Crippen LogP contribution in [-0.4, -0.2) is 29.9 Å². The summed E-state index contributed by atoms with van der Waals surface area (Å²) in [4.78, 5) is 22.7. The minimum Gasteiger partial charge on any atom is -0.463 e. The molecule has 0 heterocycles. The first-order valence-corrected chi connectivity index (χ1v) is 6.88. The van der Waals surface area contributed by atoms with Gasteiger partial charge in [0.1, 0.15) is 0 Å². The lowest BCUT2D eigenvalue weighted by atomic mass is 10.2. The van der Waals surface area contributed by atoms with Gasteiger partial charge in [-0.3, -0.25) is 4.79 Å². The van der Waals surface area contributed by atoms with Crippen LogP contribution >= 0.6 is 11.8 Å². The van der Waals surface area contributed by atoms with Crippen molar-refractivity contribution >= 4 is 23.5 Å². The number of ether oxygens (including phenoxy) is 1. The molecule has 4 heteroatoms. The van der Waals surface area contributed by atoms with E-state index < -0.39 is 0 Å². The van der Waals surface area contributed by atoms with E-state index in [4.69, 9.17) is 4.74 Å². The summed E-state index contributed by atoms with van der Waals surface area (Å²) in [7, 11) is 0. The van der Waals surface area contributed by atoms with Crippen molar-refractivity contribution in [2.45, 2.75) is 6.92 Å². The first-order valence-electron chi connectivity index (χ1n) is 5.73. The molecule has 96 valence electrons. The Balaban J connectivity index is 2.22. The van der Waals surface area contributed by atoms with Crippen molar-refractivity contribution in [2.75, 3.05) is 18.1 Å². The Morgan fingerprint density at radius 1 is 1.28 bits per heavy atom. The van der Waals surface area contributed by atoms with E-state index >= 15 is 0 Å². The third-order valence-corrected chi connectivity index (χ3v) is 2.98. The van der Waals surface area contributed by atoms with Crippen LogP contribution in [0.2, 0.25) is 0 Å². The molecule has 0 N–H and O–H groups in total. The number of carbonyl (C=O) groups excluding carboxylic acids is 2. The number of rotatable bonds is 7. The van der Waals surface area contributed by atoms with Gasteiger partial charge >= 0.3 is 5.97 Å². The number of esters is 1. The van der Waals surface area contributed by atoms with Crippen LogP contribution in [0, 0.1) is 0 Å². The number of benzene rings is 1. The average molecular weight is 264 g/mol. The third kappa shape index (κ3) is 5.68. The highest BCUT2D eigenvalue weighted by atomic mass is 32.2. The van der Waals surface area contributed by atoms with Gasteiger partial charge in [-0.2, -0.15) is 0 Å². The van der Waals surface area contributed by atoms with Crippen LogP contribution in [0.3, 0.4) is 0 Å². The molecule has 0 aromatic heterocycles. The zero-order chi connectivity index (χ0) is 13.2. The summed E-state index contributed by atoms with van der Waals surface area (Å²) in [5.41, 5.74) is 0.722. The Morgan fingerprint density at radius 2 is 2.00 bits per heavy atom. The maximum atomic E-state index is 11.7. The van der Waals surface area contributed by atoms with Gasteiger partial charge in [0.2, 0.25) is 0 Å². The van der Waals surface area contributed by atoms with Crippen molar-refractivity contribution < 1.29 is 14.3 Å². The molecule has 0 saturated heterocycles. The summed E-state index contributed by atoms with van der Waals surface area (Å²) in [5, 5.41) is 0. The predicted octanol–water partition coefficient (Wildman–Crippen LogP) is 2.72. The summed E-state index contributed by atoms with van der Waals surface area (Å²) in [6.07, 6.45) is 3.10. The standard InChI is InChI=1S/C14H16O3S/c1-2-17-14(16)9-6-10-18-11-13(15)12-7-4-3-5-8-12/h3-9H,2,10-11H2,1H3/b9-6+. The van der Waals surface area contributed by atoms with Crippen LogP contribution in [-0.2, 0) is 9.53 Å². The van der Waals surface area contributed by atoms with Crippen LogP contribution in [0.4, 0.5) is 0 Å². The van der Waals surface area contributed by atoms with E-state index in [0.29, 0.717) is 18.1 Å². The SMILES string of the molecule is CCOC(=O)/C=C/CSCC(=O)c1ccccc1. The first kappa shape index (κ1) is 14.5. The smallest absolute Gasteiger partial charge is 0.330 e. The third-order valence-electron chi connectivity index (χ3n) is 2.08. The number of thioether (sulfide) groups is 1. The van der Waals surface area contributed by atoms with Gasteiger partial charge in [0, 0.05) is 17.4 Å².